The molecule has 5 nitrogen and oxygen atoms in total. The zero-order valence-corrected chi connectivity index (χ0v) is 17.4. The predicted octanol–water partition coefficient (Wildman–Crippen LogP) is 4.72. The van der Waals surface area contributed by atoms with Gasteiger partial charge in [-0.05, 0) is 48.0 Å². The summed E-state index contributed by atoms with van der Waals surface area (Å²) in [4.78, 5) is 17.2. The first kappa shape index (κ1) is 20.0. The molecule has 1 amide bonds. The van der Waals surface area contributed by atoms with E-state index in [4.69, 9.17) is 21.3 Å². The summed E-state index contributed by atoms with van der Waals surface area (Å²) in [5, 5.41) is 3.70. The van der Waals surface area contributed by atoms with Crippen molar-refractivity contribution in [1.29, 1.82) is 0 Å². The molecule has 0 aliphatic rings. The van der Waals surface area contributed by atoms with Crippen LogP contribution in [0.1, 0.15) is 21.7 Å². The van der Waals surface area contributed by atoms with Crippen molar-refractivity contribution in [2.24, 2.45) is 0 Å². The van der Waals surface area contributed by atoms with E-state index in [1.54, 1.807) is 31.4 Å². The molecule has 0 atom stereocenters. The van der Waals surface area contributed by atoms with Crippen LogP contribution in [0.4, 0.5) is 0 Å². The van der Waals surface area contributed by atoms with Gasteiger partial charge in [0.15, 0.2) is 0 Å². The number of imidazole rings is 1. The number of fused-ring (bicyclic) bond motifs is 1. The number of hydrogen-bond acceptors (Lipinski definition) is 3. The van der Waals surface area contributed by atoms with E-state index < -0.39 is 0 Å². The molecule has 1 aromatic heterocycles. The van der Waals surface area contributed by atoms with Crippen LogP contribution in [0.2, 0.25) is 5.02 Å². The summed E-state index contributed by atoms with van der Waals surface area (Å²) < 4.78 is 7.30. The average Bonchev–Trinajstić information content (AvgIpc) is 3.12. The van der Waals surface area contributed by atoms with Crippen molar-refractivity contribution in [2.45, 2.75) is 13.0 Å². The fourth-order valence-corrected chi connectivity index (χ4v) is 3.62. The highest BCUT2D eigenvalue weighted by Crippen LogP contribution is 2.22. The third kappa shape index (κ3) is 4.31. The van der Waals surface area contributed by atoms with Gasteiger partial charge in [0.2, 0.25) is 0 Å². The first-order valence-electron chi connectivity index (χ1n) is 9.75. The number of carbonyl (C=O) groups is 1. The topological polar surface area (TPSA) is 56.1 Å². The maximum atomic E-state index is 12.4. The van der Waals surface area contributed by atoms with Crippen LogP contribution in [0.15, 0.2) is 72.8 Å². The van der Waals surface area contributed by atoms with E-state index in [0.29, 0.717) is 25.1 Å². The molecule has 6 heteroatoms. The van der Waals surface area contributed by atoms with Crippen LogP contribution in [0.3, 0.4) is 0 Å². The highest BCUT2D eigenvalue weighted by molar-refractivity contribution is 6.31. The molecule has 152 valence electrons. The predicted molar refractivity (Wildman–Crippen MR) is 119 cm³/mol. The number of carbonyl (C=O) groups excluding carboxylic acids is 1. The van der Waals surface area contributed by atoms with Crippen molar-refractivity contribution >= 4 is 28.5 Å². The number of rotatable bonds is 7. The van der Waals surface area contributed by atoms with Crippen LogP contribution in [-0.2, 0) is 13.0 Å². The van der Waals surface area contributed by atoms with E-state index in [1.807, 2.05) is 42.5 Å². The summed E-state index contributed by atoms with van der Waals surface area (Å²) in [6.07, 6.45) is 0.612. The number of nitrogens with zero attached hydrogens (tertiary/aromatic N) is 2. The largest absolute Gasteiger partial charge is 0.497 e. The van der Waals surface area contributed by atoms with E-state index >= 15 is 0 Å². The van der Waals surface area contributed by atoms with Gasteiger partial charge in [-0.1, -0.05) is 41.9 Å². The zero-order valence-electron chi connectivity index (χ0n) is 16.6. The Hall–Kier alpha value is -3.31. The number of nitrogens with one attached hydrogen (secondary N) is 1. The first-order chi connectivity index (χ1) is 14.7. The maximum Gasteiger partial charge on any atom is 0.251 e. The molecular weight excluding hydrogens is 398 g/mol. The minimum absolute atomic E-state index is 0.119. The van der Waals surface area contributed by atoms with Crippen LogP contribution < -0.4 is 10.1 Å². The van der Waals surface area contributed by atoms with Gasteiger partial charge in [0.25, 0.3) is 5.91 Å². The molecule has 4 aromatic rings. The molecule has 0 aliphatic heterocycles. The molecule has 0 saturated heterocycles. The summed E-state index contributed by atoms with van der Waals surface area (Å²) in [6.45, 7) is 1.11. The van der Waals surface area contributed by atoms with E-state index in [2.05, 4.69) is 16.0 Å². The van der Waals surface area contributed by atoms with Crippen molar-refractivity contribution < 1.29 is 9.53 Å². The van der Waals surface area contributed by atoms with Crippen molar-refractivity contribution in [3.8, 4) is 5.75 Å². The number of aromatic nitrogens is 2. The first-order valence-corrected chi connectivity index (χ1v) is 10.1. The van der Waals surface area contributed by atoms with Crippen molar-refractivity contribution in [1.82, 2.24) is 14.9 Å². The monoisotopic (exact) mass is 419 g/mol. The Bertz CT molecular complexity index is 1170. The SMILES string of the molecule is COc1ccc(C(=O)NCCc2nc3ccccc3n2Cc2ccccc2Cl)cc1. The molecule has 3 aromatic carbocycles. The number of methoxy groups -OCH3 is 1. The number of hydrogen-bond donors (Lipinski definition) is 1. The Balaban J connectivity index is 1.50. The van der Waals surface area contributed by atoms with E-state index in [-0.39, 0.29) is 5.91 Å². The molecule has 0 bridgehead atoms. The number of para-hydroxylation sites is 2. The lowest BCUT2D eigenvalue weighted by Gasteiger charge is -2.11. The molecule has 1 heterocycles. The molecule has 0 saturated carbocycles. The minimum Gasteiger partial charge on any atom is -0.497 e. The molecular formula is C24H22ClN3O2. The lowest BCUT2D eigenvalue weighted by atomic mass is 10.2. The number of benzene rings is 3. The van der Waals surface area contributed by atoms with Crippen molar-refractivity contribution in [2.75, 3.05) is 13.7 Å². The summed E-state index contributed by atoms with van der Waals surface area (Å²) in [5.74, 6) is 1.51. The second-order valence-corrected chi connectivity index (χ2v) is 7.34. The van der Waals surface area contributed by atoms with Crippen LogP contribution in [0.25, 0.3) is 11.0 Å². The second kappa shape index (κ2) is 9.01. The Morgan fingerprint density at radius 3 is 2.53 bits per heavy atom. The van der Waals surface area contributed by atoms with Crippen LogP contribution in [0, 0.1) is 0 Å². The van der Waals surface area contributed by atoms with Gasteiger partial charge in [0.1, 0.15) is 11.6 Å². The molecule has 0 radical (unpaired) electrons. The molecule has 0 spiro atoms. The Kier molecular flexibility index (Phi) is 6.00. The second-order valence-electron chi connectivity index (χ2n) is 6.93. The number of amides is 1. The van der Waals surface area contributed by atoms with Gasteiger partial charge < -0.3 is 14.6 Å². The molecule has 0 fully saturated rings. The molecule has 0 unspecified atom stereocenters. The van der Waals surface area contributed by atoms with E-state index in [9.17, 15) is 4.79 Å². The van der Waals surface area contributed by atoms with Gasteiger partial charge >= 0.3 is 0 Å². The summed E-state index contributed by atoms with van der Waals surface area (Å²) in [6, 6.07) is 22.9. The lowest BCUT2D eigenvalue weighted by Crippen LogP contribution is -2.26. The smallest absolute Gasteiger partial charge is 0.251 e. The fraction of sp³-hybridized carbons (Fsp3) is 0.167. The fourth-order valence-electron chi connectivity index (χ4n) is 3.42. The summed E-state index contributed by atoms with van der Waals surface area (Å²) in [5.41, 5.74) is 3.61. The van der Waals surface area contributed by atoms with Gasteiger partial charge in [0, 0.05) is 23.6 Å². The quantitative estimate of drug-likeness (QED) is 0.471. The molecule has 1 N–H and O–H groups in total. The van der Waals surface area contributed by atoms with Crippen molar-refractivity contribution in [3.05, 3.63) is 94.8 Å². The van der Waals surface area contributed by atoms with Crippen LogP contribution in [-0.4, -0.2) is 29.1 Å². The highest BCUT2D eigenvalue weighted by atomic mass is 35.5. The van der Waals surface area contributed by atoms with Gasteiger partial charge in [-0.3, -0.25) is 4.79 Å². The Morgan fingerprint density at radius 2 is 1.77 bits per heavy atom. The van der Waals surface area contributed by atoms with Gasteiger partial charge in [-0.2, -0.15) is 0 Å². The molecule has 30 heavy (non-hydrogen) atoms. The maximum absolute atomic E-state index is 12.4. The van der Waals surface area contributed by atoms with Crippen LogP contribution >= 0.6 is 11.6 Å². The number of ether oxygens (including phenoxy) is 1. The Labute approximate surface area is 180 Å². The molecule has 4 rings (SSSR count). The third-order valence-electron chi connectivity index (χ3n) is 5.01. The van der Waals surface area contributed by atoms with Crippen LogP contribution in [0.5, 0.6) is 5.75 Å². The number of halogens is 1. The highest BCUT2D eigenvalue weighted by Gasteiger charge is 2.13. The average molecular weight is 420 g/mol. The van der Waals surface area contributed by atoms with Gasteiger partial charge in [-0.15, -0.1) is 0 Å². The van der Waals surface area contributed by atoms with E-state index in [1.165, 1.54) is 0 Å². The summed E-state index contributed by atoms with van der Waals surface area (Å²) in [7, 11) is 1.60. The third-order valence-corrected chi connectivity index (χ3v) is 5.38. The van der Waals surface area contributed by atoms with Gasteiger partial charge in [-0.25, -0.2) is 4.98 Å². The van der Waals surface area contributed by atoms with Gasteiger partial charge in [0.05, 0.1) is 24.7 Å². The van der Waals surface area contributed by atoms with Crippen molar-refractivity contribution in [3.63, 3.8) is 0 Å². The standard InChI is InChI=1S/C24H22ClN3O2/c1-30-19-12-10-17(11-13-19)24(29)26-15-14-23-27-21-8-4-5-9-22(21)28(23)16-18-6-2-3-7-20(18)25/h2-13H,14-16H2,1H3,(H,26,29). The summed E-state index contributed by atoms with van der Waals surface area (Å²) >= 11 is 6.38. The molecule has 0 aliphatic carbocycles. The normalized spacial score (nSPS) is 10.9. The lowest BCUT2D eigenvalue weighted by molar-refractivity contribution is 0.0954. The Morgan fingerprint density at radius 1 is 1.03 bits per heavy atom. The minimum atomic E-state index is -0.119. The zero-order chi connectivity index (χ0) is 20.9. The van der Waals surface area contributed by atoms with E-state index in [0.717, 1.165) is 33.2 Å².